The Morgan fingerprint density at radius 3 is 2.38 bits per heavy atom. The van der Waals surface area contributed by atoms with Crippen LogP contribution in [-0.4, -0.2) is 21.7 Å². The van der Waals surface area contributed by atoms with Crippen LogP contribution in [0.15, 0.2) is 30.3 Å². The molecular formula is C12H13ClO3. The summed E-state index contributed by atoms with van der Waals surface area (Å²) in [6.45, 7) is 1.21. The lowest BCUT2D eigenvalue weighted by Gasteiger charge is -2.14. The first-order valence-electron chi connectivity index (χ1n) is 4.94. The van der Waals surface area contributed by atoms with Crippen LogP contribution in [0.25, 0.3) is 0 Å². The minimum Gasteiger partial charge on any atom is -0.480 e. The maximum atomic E-state index is 11.6. The second-order valence-corrected chi connectivity index (χ2v) is 4.47. The summed E-state index contributed by atoms with van der Waals surface area (Å²) in [4.78, 5) is 20.5. The molecule has 4 heteroatoms. The summed E-state index contributed by atoms with van der Waals surface area (Å²) in [5.74, 6) is -1.77. The lowest BCUT2D eigenvalue weighted by Crippen LogP contribution is -2.38. The van der Waals surface area contributed by atoms with Crippen molar-refractivity contribution in [3.8, 4) is 0 Å². The van der Waals surface area contributed by atoms with Gasteiger partial charge < -0.3 is 5.11 Å². The van der Waals surface area contributed by atoms with Crippen LogP contribution in [0.2, 0.25) is 0 Å². The Hall–Kier alpha value is -1.35. The number of aryl methyl sites for hydroxylation is 1. The number of ketones is 1. The molecule has 86 valence electrons. The van der Waals surface area contributed by atoms with Gasteiger partial charge in [0.05, 0.1) is 0 Å². The molecule has 1 unspecified atom stereocenters. The molecule has 1 aromatic rings. The monoisotopic (exact) mass is 240 g/mol. The van der Waals surface area contributed by atoms with Crippen LogP contribution in [0, 0.1) is 0 Å². The summed E-state index contributed by atoms with van der Waals surface area (Å²) < 4.78 is 0. The molecule has 0 aliphatic rings. The molecule has 0 aliphatic carbocycles. The largest absolute Gasteiger partial charge is 0.480 e. The number of carbonyl (C=O) groups is 2. The third-order valence-electron chi connectivity index (χ3n) is 2.41. The highest BCUT2D eigenvalue weighted by atomic mass is 35.5. The van der Waals surface area contributed by atoms with Crippen LogP contribution in [0.4, 0.5) is 0 Å². The third kappa shape index (κ3) is 3.07. The van der Waals surface area contributed by atoms with Gasteiger partial charge in [0, 0.05) is 6.42 Å². The van der Waals surface area contributed by atoms with Gasteiger partial charge in [-0.3, -0.25) is 4.79 Å². The molecule has 1 N–H and O–H groups in total. The summed E-state index contributed by atoms with van der Waals surface area (Å²) in [7, 11) is 0. The van der Waals surface area contributed by atoms with Crippen molar-refractivity contribution in [2.24, 2.45) is 0 Å². The van der Waals surface area contributed by atoms with Gasteiger partial charge in [0.15, 0.2) is 10.7 Å². The number of carbonyl (C=O) groups excluding carboxylic acids is 1. The lowest BCUT2D eigenvalue weighted by molar-refractivity contribution is -0.143. The van der Waals surface area contributed by atoms with E-state index in [0.717, 1.165) is 5.56 Å². The van der Waals surface area contributed by atoms with Crippen molar-refractivity contribution < 1.29 is 14.7 Å². The summed E-state index contributed by atoms with van der Waals surface area (Å²) in [5.41, 5.74) is 0.994. The average molecular weight is 241 g/mol. The fourth-order valence-electron chi connectivity index (χ4n) is 1.26. The highest BCUT2D eigenvalue weighted by Gasteiger charge is 2.37. The van der Waals surface area contributed by atoms with Crippen molar-refractivity contribution in [1.82, 2.24) is 0 Å². The zero-order valence-electron chi connectivity index (χ0n) is 8.94. The van der Waals surface area contributed by atoms with E-state index in [1.54, 1.807) is 0 Å². The van der Waals surface area contributed by atoms with Crippen molar-refractivity contribution in [2.45, 2.75) is 24.6 Å². The van der Waals surface area contributed by atoms with Gasteiger partial charge in [0.2, 0.25) is 0 Å². The first-order chi connectivity index (χ1) is 7.44. The van der Waals surface area contributed by atoms with Crippen LogP contribution in [-0.2, 0) is 16.0 Å². The van der Waals surface area contributed by atoms with Gasteiger partial charge in [-0.2, -0.15) is 0 Å². The molecule has 0 heterocycles. The van der Waals surface area contributed by atoms with Gasteiger partial charge in [-0.1, -0.05) is 41.9 Å². The third-order valence-corrected chi connectivity index (χ3v) is 2.78. The number of aliphatic carboxylic acids is 1. The zero-order valence-corrected chi connectivity index (χ0v) is 9.70. The molecular weight excluding hydrogens is 228 g/mol. The van der Waals surface area contributed by atoms with E-state index in [1.807, 2.05) is 30.3 Å². The SMILES string of the molecule is CC(Cl)(C(=O)O)C(=O)CCc1ccccc1. The Balaban J connectivity index is 2.57. The molecule has 0 aromatic heterocycles. The summed E-state index contributed by atoms with van der Waals surface area (Å²) in [6, 6.07) is 9.40. The van der Waals surface area contributed by atoms with Gasteiger partial charge in [-0.15, -0.1) is 0 Å². The Bertz CT molecular complexity index is 385. The fraction of sp³-hybridized carbons (Fsp3) is 0.333. The Kier molecular flexibility index (Phi) is 4.07. The maximum absolute atomic E-state index is 11.6. The van der Waals surface area contributed by atoms with Crippen LogP contribution in [0.5, 0.6) is 0 Å². The van der Waals surface area contributed by atoms with Gasteiger partial charge >= 0.3 is 5.97 Å². The fourth-order valence-corrected chi connectivity index (χ4v) is 1.35. The van der Waals surface area contributed by atoms with Gasteiger partial charge in [-0.25, -0.2) is 4.79 Å². The number of Topliss-reactive ketones (excluding diaryl/α,β-unsaturated/α-hetero) is 1. The molecule has 0 saturated carbocycles. The first kappa shape index (κ1) is 12.7. The van der Waals surface area contributed by atoms with Gasteiger partial charge in [0.25, 0.3) is 0 Å². The Labute approximate surface area is 99.0 Å². The van der Waals surface area contributed by atoms with Gasteiger partial charge in [0.1, 0.15) is 0 Å². The maximum Gasteiger partial charge on any atom is 0.332 e. The second kappa shape index (κ2) is 5.12. The van der Waals surface area contributed by atoms with Crippen LogP contribution >= 0.6 is 11.6 Å². The van der Waals surface area contributed by atoms with E-state index in [1.165, 1.54) is 6.92 Å². The molecule has 1 aromatic carbocycles. The predicted molar refractivity (Wildman–Crippen MR) is 61.7 cm³/mol. The van der Waals surface area contributed by atoms with Crippen molar-refractivity contribution >= 4 is 23.4 Å². The van der Waals surface area contributed by atoms with E-state index >= 15 is 0 Å². The second-order valence-electron chi connectivity index (χ2n) is 3.72. The molecule has 0 saturated heterocycles. The van der Waals surface area contributed by atoms with Crippen molar-refractivity contribution in [3.63, 3.8) is 0 Å². The number of alkyl halides is 1. The van der Waals surface area contributed by atoms with E-state index in [9.17, 15) is 9.59 Å². The molecule has 0 fully saturated rings. The summed E-state index contributed by atoms with van der Waals surface area (Å²) in [6.07, 6.45) is 0.644. The summed E-state index contributed by atoms with van der Waals surface area (Å²) in [5, 5.41) is 8.76. The summed E-state index contributed by atoms with van der Waals surface area (Å²) >= 11 is 5.64. The number of rotatable bonds is 5. The number of halogens is 1. The predicted octanol–water partition coefficient (Wildman–Crippen LogP) is 2.27. The molecule has 0 spiro atoms. The van der Waals surface area contributed by atoms with Crippen LogP contribution in [0.1, 0.15) is 18.9 Å². The molecule has 0 amide bonds. The molecule has 1 atom stereocenters. The number of hydrogen-bond acceptors (Lipinski definition) is 2. The average Bonchev–Trinajstić information content (AvgIpc) is 2.27. The minimum atomic E-state index is -1.81. The molecule has 0 bridgehead atoms. The van der Waals surface area contributed by atoms with E-state index in [0.29, 0.717) is 6.42 Å². The first-order valence-corrected chi connectivity index (χ1v) is 5.32. The highest BCUT2D eigenvalue weighted by molar-refractivity contribution is 6.45. The Morgan fingerprint density at radius 2 is 1.88 bits per heavy atom. The number of benzene rings is 1. The number of carboxylic acid groups (broad SMARTS) is 1. The standard InChI is InChI=1S/C12H13ClO3/c1-12(13,11(15)16)10(14)8-7-9-5-3-2-4-6-9/h2-6H,7-8H2,1H3,(H,15,16). The van der Waals surface area contributed by atoms with Crippen LogP contribution < -0.4 is 0 Å². The smallest absolute Gasteiger partial charge is 0.332 e. The van der Waals surface area contributed by atoms with Gasteiger partial charge in [-0.05, 0) is 18.9 Å². The van der Waals surface area contributed by atoms with Crippen molar-refractivity contribution in [1.29, 1.82) is 0 Å². The van der Waals surface area contributed by atoms with E-state index in [-0.39, 0.29) is 6.42 Å². The topological polar surface area (TPSA) is 54.4 Å². The van der Waals surface area contributed by atoms with Crippen molar-refractivity contribution in [2.75, 3.05) is 0 Å². The minimum absolute atomic E-state index is 0.135. The molecule has 1 rings (SSSR count). The molecule has 3 nitrogen and oxygen atoms in total. The normalized spacial score (nSPS) is 14.1. The molecule has 0 radical (unpaired) electrons. The number of hydrogen-bond donors (Lipinski definition) is 1. The zero-order chi connectivity index (χ0) is 12.2. The molecule has 0 aliphatic heterocycles. The lowest BCUT2D eigenvalue weighted by atomic mass is 9.99. The highest BCUT2D eigenvalue weighted by Crippen LogP contribution is 2.19. The Morgan fingerprint density at radius 1 is 1.31 bits per heavy atom. The number of carboxylic acids is 1. The van der Waals surface area contributed by atoms with E-state index in [4.69, 9.17) is 16.7 Å². The van der Waals surface area contributed by atoms with Crippen molar-refractivity contribution in [3.05, 3.63) is 35.9 Å². The van der Waals surface area contributed by atoms with E-state index in [2.05, 4.69) is 0 Å². The quantitative estimate of drug-likeness (QED) is 0.635. The van der Waals surface area contributed by atoms with E-state index < -0.39 is 16.6 Å². The molecule has 16 heavy (non-hydrogen) atoms. The van der Waals surface area contributed by atoms with Crippen LogP contribution in [0.3, 0.4) is 0 Å².